The summed E-state index contributed by atoms with van der Waals surface area (Å²) in [6, 6.07) is 7.67. The number of para-hydroxylation sites is 1. The van der Waals surface area contributed by atoms with Crippen molar-refractivity contribution in [3.05, 3.63) is 30.1 Å². The number of nitrogens with zero attached hydrogens (tertiary/aromatic N) is 3. The third-order valence-corrected chi connectivity index (χ3v) is 3.94. The van der Waals surface area contributed by atoms with E-state index in [1.54, 1.807) is 0 Å². The summed E-state index contributed by atoms with van der Waals surface area (Å²) in [4.78, 5) is 21.6. The maximum absolute atomic E-state index is 11.2. The minimum Gasteiger partial charge on any atom is -0.475 e. The van der Waals surface area contributed by atoms with Gasteiger partial charge in [-0.25, -0.2) is 14.8 Å². The van der Waals surface area contributed by atoms with Gasteiger partial charge in [0.05, 0.1) is 5.52 Å². The molecule has 0 saturated carbocycles. The molecule has 1 unspecified atom stereocenters. The first-order chi connectivity index (χ1) is 9.71. The van der Waals surface area contributed by atoms with E-state index in [4.69, 9.17) is 0 Å². The number of anilines is 1. The number of benzene rings is 1. The van der Waals surface area contributed by atoms with E-state index in [1.807, 2.05) is 36.2 Å². The zero-order valence-electron chi connectivity index (χ0n) is 13.1. The molecule has 1 atom stereocenters. The molecule has 1 heterocycles. The van der Waals surface area contributed by atoms with Crippen molar-refractivity contribution in [3.63, 3.8) is 0 Å². The summed E-state index contributed by atoms with van der Waals surface area (Å²) >= 11 is 0. The molecule has 0 amide bonds. The maximum atomic E-state index is 11.2. The first kappa shape index (κ1) is 15.2. The highest BCUT2D eigenvalue weighted by Gasteiger charge is 2.26. The number of carboxylic acid groups (broad SMARTS) is 1. The van der Waals surface area contributed by atoms with Gasteiger partial charge in [-0.05, 0) is 24.5 Å². The van der Waals surface area contributed by atoms with Crippen LogP contribution in [0.1, 0.15) is 38.3 Å². The lowest BCUT2D eigenvalue weighted by molar-refractivity contribution is 0.0684. The molecule has 1 aromatic heterocycles. The summed E-state index contributed by atoms with van der Waals surface area (Å²) in [5.74, 6) is -0.629. The fourth-order valence-electron chi connectivity index (χ4n) is 2.19. The number of hydrogen-bond acceptors (Lipinski definition) is 4. The normalized spacial score (nSPS) is 13.2. The van der Waals surface area contributed by atoms with Gasteiger partial charge in [-0.3, -0.25) is 0 Å². The second-order valence-corrected chi connectivity index (χ2v) is 6.35. The first-order valence-corrected chi connectivity index (χ1v) is 6.94. The summed E-state index contributed by atoms with van der Waals surface area (Å²) in [5.41, 5.74) is 0.692. The Balaban J connectivity index is 2.63. The van der Waals surface area contributed by atoms with Gasteiger partial charge < -0.3 is 10.0 Å². The van der Waals surface area contributed by atoms with Crippen molar-refractivity contribution in [2.24, 2.45) is 5.41 Å². The van der Waals surface area contributed by atoms with Crippen LogP contribution in [0.4, 0.5) is 5.82 Å². The third kappa shape index (κ3) is 2.96. The number of carboxylic acids is 1. The lowest BCUT2D eigenvalue weighted by atomic mass is 9.87. The maximum Gasteiger partial charge on any atom is 0.374 e. The van der Waals surface area contributed by atoms with Crippen molar-refractivity contribution in [2.45, 2.75) is 33.7 Å². The molecule has 0 fully saturated rings. The Bertz CT molecular complexity index is 677. The van der Waals surface area contributed by atoms with Gasteiger partial charge in [0.2, 0.25) is 5.82 Å². The minimum absolute atomic E-state index is 0.0458. The zero-order chi connectivity index (χ0) is 15.8. The largest absolute Gasteiger partial charge is 0.475 e. The molecule has 5 heteroatoms. The Hall–Kier alpha value is -2.17. The Morgan fingerprint density at radius 2 is 1.86 bits per heavy atom. The Kier molecular flexibility index (Phi) is 3.85. The van der Waals surface area contributed by atoms with E-state index in [2.05, 4.69) is 37.7 Å². The Morgan fingerprint density at radius 1 is 1.24 bits per heavy atom. The van der Waals surface area contributed by atoms with Crippen LogP contribution in [-0.4, -0.2) is 34.1 Å². The van der Waals surface area contributed by atoms with Crippen molar-refractivity contribution >= 4 is 22.7 Å². The van der Waals surface area contributed by atoms with E-state index in [0.717, 1.165) is 5.39 Å². The molecule has 0 saturated heterocycles. The molecule has 2 rings (SSSR count). The number of hydrogen-bond donors (Lipinski definition) is 1. The average molecular weight is 287 g/mol. The van der Waals surface area contributed by atoms with Gasteiger partial charge in [0.1, 0.15) is 5.82 Å². The average Bonchev–Trinajstić information content (AvgIpc) is 2.43. The molecule has 0 aliphatic carbocycles. The van der Waals surface area contributed by atoms with Gasteiger partial charge in [0, 0.05) is 18.5 Å². The molecule has 2 aromatic rings. The highest BCUT2D eigenvalue weighted by atomic mass is 16.4. The molecule has 0 bridgehead atoms. The highest BCUT2D eigenvalue weighted by molar-refractivity contribution is 5.93. The van der Waals surface area contributed by atoms with E-state index in [1.165, 1.54) is 0 Å². The SMILES string of the molecule is CC(N(C)c1nc(C(=O)O)nc2ccccc12)C(C)(C)C. The van der Waals surface area contributed by atoms with Crippen LogP contribution in [0.2, 0.25) is 0 Å². The fraction of sp³-hybridized carbons (Fsp3) is 0.438. The van der Waals surface area contributed by atoms with Crippen LogP contribution in [0.5, 0.6) is 0 Å². The summed E-state index contributed by atoms with van der Waals surface area (Å²) in [7, 11) is 1.94. The van der Waals surface area contributed by atoms with Gasteiger partial charge in [-0.15, -0.1) is 0 Å². The van der Waals surface area contributed by atoms with Crippen molar-refractivity contribution in [1.82, 2.24) is 9.97 Å². The van der Waals surface area contributed by atoms with Crippen LogP contribution in [0.3, 0.4) is 0 Å². The molecule has 1 N–H and O–H groups in total. The monoisotopic (exact) mass is 287 g/mol. The molecule has 0 radical (unpaired) electrons. The molecule has 0 spiro atoms. The van der Waals surface area contributed by atoms with E-state index in [0.29, 0.717) is 11.3 Å². The Morgan fingerprint density at radius 3 is 2.43 bits per heavy atom. The summed E-state index contributed by atoms with van der Waals surface area (Å²) < 4.78 is 0. The summed E-state index contributed by atoms with van der Waals surface area (Å²) in [5, 5.41) is 10.1. The van der Waals surface area contributed by atoms with Gasteiger partial charge >= 0.3 is 5.97 Å². The van der Waals surface area contributed by atoms with Crippen molar-refractivity contribution in [3.8, 4) is 0 Å². The standard InChI is InChI=1S/C16H21N3O2/c1-10(16(2,3)4)19(5)14-11-8-6-7-9-12(11)17-13(18-14)15(20)21/h6-10H,1-5H3,(H,20,21). The second-order valence-electron chi connectivity index (χ2n) is 6.35. The van der Waals surface area contributed by atoms with Gasteiger partial charge in [-0.2, -0.15) is 0 Å². The predicted molar refractivity (Wildman–Crippen MR) is 83.8 cm³/mol. The van der Waals surface area contributed by atoms with Crippen LogP contribution < -0.4 is 4.90 Å². The molecule has 0 aliphatic heterocycles. The van der Waals surface area contributed by atoms with Crippen LogP contribution in [0.25, 0.3) is 10.9 Å². The first-order valence-electron chi connectivity index (χ1n) is 6.94. The van der Waals surface area contributed by atoms with Crippen LogP contribution in [0.15, 0.2) is 24.3 Å². The third-order valence-electron chi connectivity index (χ3n) is 3.94. The van der Waals surface area contributed by atoms with Crippen LogP contribution in [0, 0.1) is 5.41 Å². The van der Waals surface area contributed by atoms with Gasteiger partial charge in [0.25, 0.3) is 0 Å². The van der Waals surface area contributed by atoms with Crippen molar-refractivity contribution in [2.75, 3.05) is 11.9 Å². The van der Waals surface area contributed by atoms with E-state index >= 15 is 0 Å². The lowest BCUT2D eigenvalue weighted by Crippen LogP contribution is -2.40. The van der Waals surface area contributed by atoms with Crippen LogP contribution >= 0.6 is 0 Å². The van der Waals surface area contributed by atoms with Crippen LogP contribution in [-0.2, 0) is 0 Å². The van der Waals surface area contributed by atoms with E-state index < -0.39 is 5.97 Å². The number of rotatable bonds is 3. The zero-order valence-corrected chi connectivity index (χ0v) is 13.1. The number of fused-ring (bicyclic) bond motifs is 1. The summed E-state index contributed by atoms with van der Waals surface area (Å²) in [6.07, 6.45) is 0. The van der Waals surface area contributed by atoms with Gasteiger partial charge in [0.15, 0.2) is 0 Å². The quantitative estimate of drug-likeness (QED) is 0.939. The molecule has 0 aliphatic rings. The van der Waals surface area contributed by atoms with Crippen molar-refractivity contribution in [1.29, 1.82) is 0 Å². The molecule has 1 aromatic carbocycles. The molecule has 21 heavy (non-hydrogen) atoms. The number of carbonyl (C=O) groups is 1. The topological polar surface area (TPSA) is 66.3 Å². The minimum atomic E-state index is -1.11. The fourth-order valence-corrected chi connectivity index (χ4v) is 2.19. The van der Waals surface area contributed by atoms with E-state index in [9.17, 15) is 9.90 Å². The number of aromatic carboxylic acids is 1. The lowest BCUT2D eigenvalue weighted by Gasteiger charge is -2.36. The highest BCUT2D eigenvalue weighted by Crippen LogP contribution is 2.30. The second kappa shape index (κ2) is 5.31. The molecule has 112 valence electrons. The van der Waals surface area contributed by atoms with Gasteiger partial charge in [-0.1, -0.05) is 32.9 Å². The predicted octanol–water partition coefficient (Wildman–Crippen LogP) is 3.20. The summed E-state index contributed by atoms with van der Waals surface area (Å²) in [6.45, 7) is 8.55. The molecular weight excluding hydrogens is 266 g/mol. The number of aromatic nitrogens is 2. The Labute approximate surface area is 124 Å². The molecular formula is C16H21N3O2. The molecule has 5 nitrogen and oxygen atoms in total. The smallest absolute Gasteiger partial charge is 0.374 e. The van der Waals surface area contributed by atoms with E-state index in [-0.39, 0.29) is 17.3 Å². The van der Waals surface area contributed by atoms with Crippen molar-refractivity contribution < 1.29 is 9.90 Å².